The molecule has 7 nitrogen and oxygen atoms in total. The zero-order valence-corrected chi connectivity index (χ0v) is 17.3. The molecule has 0 aromatic heterocycles. The summed E-state index contributed by atoms with van der Waals surface area (Å²) in [7, 11) is -3.48. The Morgan fingerprint density at radius 2 is 1.52 bits per heavy atom. The fraction of sp³-hybridized carbons (Fsp3) is 0.381. The molecule has 29 heavy (non-hydrogen) atoms. The Balaban J connectivity index is 1.53. The molecule has 0 radical (unpaired) electrons. The average molecular weight is 419 g/mol. The number of sulfonamides is 1. The Morgan fingerprint density at radius 3 is 2.10 bits per heavy atom. The predicted octanol–water partition coefficient (Wildman–Crippen LogP) is 3.28. The molecular formula is C21H26N2O5S. The number of rotatable bonds is 8. The summed E-state index contributed by atoms with van der Waals surface area (Å²) in [5.41, 5.74) is 0.517. The number of hydrogen-bond acceptors (Lipinski definition) is 5. The molecule has 0 bridgehead atoms. The van der Waals surface area contributed by atoms with Crippen molar-refractivity contribution in [3.8, 4) is 11.5 Å². The molecule has 2 aromatic rings. The zero-order chi connectivity index (χ0) is 20.7. The van der Waals surface area contributed by atoms with Crippen LogP contribution in [-0.2, 0) is 14.8 Å². The van der Waals surface area contributed by atoms with Gasteiger partial charge in [-0.2, -0.15) is 4.31 Å². The summed E-state index contributed by atoms with van der Waals surface area (Å²) in [4.78, 5) is 12.3. The van der Waals surface area contributed by atoms with Gasteiger partial charge in [0.2, 0.25) is 10.0 Å². The number of piperidine rings is 1. The van der Waals surface area contributed by atoms with Crippen molar-refractivity contribution in [3.63, 3.8) is 0 Å². The molecule has 1 aliphatic heterocycles. The molecule has 0 unspecified atom stereocenters. The molecule has 0 atom stereocenters. The lowest BCUT2D eigenvalue weighted by Crippen LogP contribution is -2.35. The highest BCUT2D eigenvalue weighted by atomic mass is 32.2. The van der Waals surface area contributed by atoms with Crippen LogP contribution in [0.15, 0.2) is 53.4 Å². The maximum atomic E-state index is 12.7. The van der Waals surface area contributed by atoms with Crippen LogP contribution in [0.4, 0.5) is 5.69 Å². The smallest absolute Gasteiger partial charge is 0.262 e. The van der Waals surface area contributed by atoms with Crippen molar-refractivity contribution in [2.24, 2.45) is 0 Å². The van der Waals surface area contributed by atoms with Crippen LogP contribution in [0.3, 0.4) is 0 Å². The Hall–Kier alpha value is -2.58. The van der Waals surface area contributed by atoms with Gasteiger partial charge in [-0.15, -0.1) is 0 Å². The number of ether oxygens (including phenoxy) is 2. The normalized spacial score (nSPS) is 14.9. The van der Waals surface area contributed by atoms with Crippen LogP contribution in [0.1, 0.15) is 26.2 Å². The van der Waals surface area contributed by atoms with Crippen molar-refractivity contribution in [1.82, 2.24) is 4.31 Å². The molecule has 0 saturated carbocycles. The maximum Gasteiger partial charge on any atom is 0.262 e. The highest BCUT2D eigenvalue weighted by Gasteiger charge is 2.25. The van der Waals surface area contributed by atoms with Crippen molar-refractivity contribution < 1.29 is 22.7 Å². The minimum atomic E-state index is -3.48. The number of amides is 1. The largest absolute Gasteiger partial charge is 0.494 e. The minimum Gasteiger partial charge on any atom is -0.494 e. The summed E-state index contributed by atoms with van der Waals surface area (Å²) < 4.78 is 37.6. The third kappa shape index (κ3) is 5.71. The van der Waals surface area contributed by atoms with Crippen LogP contribution in [-0.4, -0.2) is 44.9 Å². The van der Waals surface area contributed by atoms with Crippen molar-refractivity contribution in [3.05, 3.63) is 48.5 Å². The number of nitrogens with one attached hydrogen (secondary N) is 1. The van der Waals surface area contributed by atoms with Gasteiger partial charge in [-0.3, -0.25) is 4.79 Å². The molecule has 0 spiro atoms. The van der Waals surface area contributed by atoms with Crippen LogP contribution < -0.4 is 14.8 Å². The van der Waals surface area contributed by atoms with Crippen LogP contribution in [0, 0.1) is 0 Å². The van der Waals surface area contributed by atoms with Gasteiger partial charge in [0.05, 0.1) is 11.5 Å². The zero-order valence-electron chi connectivity index (χ0n) is 16.5. The van der Waals surface area contributed by atoms with Crippen molar-refractivity contribution in [1.29, 1.82) is 0 Å². The highest BCUT2D eigenvalue weighted by Crippen LogP contribution is 2.22. The lowest BCUT2D eigenvalue weighted by molar-refractivity contribution is -0.118. The molecule has 1 fully saturated rings. The summed E-state index contributed by atoms with van der Waals surface area (Å²) in [5.74, 6) is 0.973. The van der Waals surface area contributed by atoms with E-state index < -0.39 is 10.0 Å². The van der Waals surface area contributed by atoms with Gasteiger partial charge < -0.3 is 14.8 Å². The molecule has 1 amide bonds. The topological polar surface area (TPSA) is 84.9 Å². The first-order valence-corrected chi connectivity index (χ1v) is 11.2. The van der Waals surface area contributed by atoms with E-state index in [1.54, 1.807) is 36.4 Å². The van der Waals surface area contributed by atoms with Gasteiger partial charge in [-0.1, -0.05) is 6.42 Å². The summed E-state index contributed by atoms with van der Waals surface area (Å²) in [6.07, 6.45) is 2.85. The minimum absolute atomic E-state index is 0.151. The second-order valence-corrected chi connectivity index (χ2v) is 8.67. The first-order valence-electron chi connectivity index (χ1n) is 9.75. The fourth-order valence-corrected chi connectivity index (χ4v) is 4.63. The molecule has 1 heterocycles. The second-order valence-electron chi connectivity index (χ2n) is 6.73. The van der Waals surface area contributed by atoms with E-state index in [0.29, 0.717) is 31.1 Å². The van der Waals surface area contributed by atoms with Crippen molar-refractivity contribution in [2.45, 2.75) is 31.1 Å². The average Bonchev–Trinajstić information content (AvgIpc) is 2.74. The Bertz CT molecular complexity index is 905. The number of carbonyl (C=O) groups excluding carboxylic acids is 1. The SMILES string of the molecule is CCOc1ccc(OCC(=O)Nc2ccc(S(=O)(=O)N3CCCCC3)cc2)cc1. The highest BCUT2D eigenvalue weighted by molar-refractivity contribution is 7.89. The third-order valence-corrected chi connectivity index (χ3v) is 6.51. The first kappa shape index (κ1) is 21.1. The monoisotopic (exact) mass is 418 g/mol. The Kier molecular flexibility index (Phi) is 7.11. The van der Waals surface area contributed by atoms with Gasteiger partial charge in [-0.25, -0.2) is 8.42 Å². The van der Waals surface area contributed by atoms with Crippen LogP contribution >= 0.6 is 0 Å². The van der Waals surface area contributed by atoms with Crippen LogP contribution in [0.25, 0.3) is 0 Å². The van der Waals surface area contributed by atoms with Gasteiger partial charge in [0.1, 0.15) is 11.5 Å². The van der Waals surface area contributed by atoms with E-state index in [-0.39, 0.29) is 17.4 Å². The van der Waals surface area contributed by atoms with E-state index in [1.165, 1.54) is 16.4 Å². The fourth-order valence-electron chi connectivity index (χ4n) is 3.11. The second kappa shape index (κ2) is 9.76. The van der Waals surface area contributed by atoms with Crippen LogP contribution in [0.5, 0.6) is 11.5 Å². The summed E-state index contributed by atoms with van der Waals surface area (Å²) in [5, 5.41) is 2.71. The van der Waals surface area contributed by atoms with Crippen LogP contribution in [0.2, 0.25) is 0 Å². The molecule has 3 rings (SSSR count). The van der Waals surface area contributed by atoms with Crippen molar-refractivity contribution in [2.75, 3.05) is 31.6 Å². The van der Waals surface area contributed by atoms with Gasteiger partial charge in [0.25, 0.3) is 5.91 Å². The summed E-state index contributed by atoms with van der Waals surface area (Å²) >= 11 is 0. The van der Waals surface area contributed by atoms with E-state index in [9.17, 15) is 13.2 Å². The number of hydrogen-bond donors (Lipinski definition) is 1. The molecule has 1 saturated heterocycles. The van der Waals surface area contributed by atoms with Gasteiger partial charge in [-0.05, 0) is 68.3 Å². The van der Waals surface area contributed by atoms with E-state index >= 15 is 0 Å². The third-order valence-electron chi connectivity index (χ3n) is 4.60. The molecule has 1 aliphatic rings. The molecule has 8 heteroatoms. The van der Waals surface area contributed by atoms with Gasteiger partial charge in [0, 0.05) is 18.8 Å². The van der Waals surface area contributed by atoms with E-state index in [1.807, 2.05) is 6.92 Å². The van der Waals surface area contributed by atoms with Gasteiger partial charge >= 0.3 is 0 Å². The molecule has 1 N–H and O–H groups in total. The Morgan fingerprint density at radius 1 is 0.931 bits per heavy atom. The first-order chi connectivity index (χ1) is 14.0. The molecule has 156 valence electrons. The maximum absolute atomic E-state index is 12.7. The summed E-state index contributed by atoms with van der Waals surface area (Å²) in [6.45, 7) is 3.46. The predicted molar refractivity (Wildman–Crippen MR) is 111 cm³/mol. The lowest BCUT2D eigenvalue weighted by Gasteiger charge is -2.25. The Labute approximate surface area is 171 Å². The number of benzene rings is 2. The molecule has 2 aromatic carbocycles. The standard InChI is InChI=1S/C21H26N2O5S/c1-2-27-18-8-10-19(11-9-18)28-16-21(24)22-17-6-12-20(13-7-17)29(25,26)23-14-4-3-5-15-23/h6-13H,2-5,14-16H2,1H3,(H,22,24). The summed E-state index contributed by atoms with van der Waals surface area (Å²) in [6, 6.07) is 13.2. The van der Waals surface area contributed by atoms with Gasteiger partial charge in [0.15, 0.2) is 6.61 Å². The number of anilines is 1. The van der Waals surface area contributed by atoms with Crippen molar-refractivity contribution >= 4 is 21.6 Å². The quantitative estimate of drug-likeness (QED) is 0.711. The molecular weight excluding hydrogens is 392 g/mol. The van der Waals surface area contributed by atoms with E-state index in [4.69, 9.17) is 9.47 Å². The number of nitrogens with zero attached hydrogens (tertiary/aromatic N) is 1. The number of carbonyl (C=O) groups is 1. The van der Waals surface area contributed by atoms with E-state index in [0.717, 1.165) is 25.0 Å². The molecule has 0 aliphatic carbocycles. The van der Waals surface area contributed by atoms with E-state index in [2.05, 4.69) is 5.32 Å². The lowest BCUT2D eigenvalue weighted by atomic mass is 10.2.